The van der Waals surface area contributed by atoms with E-state index >= 15 is 0 Å². The summed E-state index contributed by atoms with van der Waals surface area (Å²) in [6, 6.07) is 0. The van der Waals surface area contributed by atoms with Gasteiger partial charge in [0.25, 0.3) is 0 Å². The van der Waals surface area contributed by atoms with Crippen LogP contribution in [-0.2, 0) is 4.74 Å². The molecule has 1 aliphatic heterocycles. The van der Waals surface area contributed by atoms with Gasteiger partial charge >= 0.3 is 0 Å². The Morgan fingerprint density at radius 2 is 1.62 bits per heavy atom. The third-order valence-corrected chi connectivity index (χ3v) is 3.19. The molecular formula is C11H21NO. The van der Waals surface area contributed by atoms with Crippen LogP contribution in [0.25, 0.3) is 0 Å². The summed E-state index contributed by atoms with van der Waals surface area (Å²) in [6.45, 7) is 2.26. The van der Waals surface area contributed by atoms with E-state index in [1.807, 2.05) is 0 Å². The van der Waals surface area contributed by atoms with Crippen LogP contribution >= 0.6 is 0 Å². The molecule has 2 aliphatic rings. The van der Waals surface area contributed by atoms with Gasteiger partial charge in [0.2, 0.25) is 0 Å². The van der Waals surface area contributed by atoms with E-state index in [0.717, 1.165) is 6.54 Å². The lowest BCUT2D eigenvalue weighted by Gasteiger charge is -2.30. The normalized spacial score (nSPS) is 31.8. The van der Waals surface area contributed by atoms with Gasteiger partial charge in [0.15, 0.2) is 0 Å². The van der Waals surface area contributed by atoms with Crippen LogP contribution < -0.4 is 5.32 Å². The molecule has 1 N–H and O–H groups in total. The van der Waals surface area contributed by atoms with Crippen LogP contribution in [0.4, 0.5) is 0 Å². The Kier molecular flexibility index (Phi) is 3.62. The smallest absolute Gasteiger partial charge is 0.0703 e. The van der Waals surface area contributed by atoms with Crippen LogP contribution in [-0.4, -0.2) is 25.3 Å². The molecule has 0 bridgehead atoms. The average molecular weight is 183 g/mol. The van der Waals surface area contributed by atoms with Crippen molar-refractivity contribution in [2.75, 3.05) is 13.1 Å². The van der Waals surface area contributed by atoms with Crippen LogP contribution in [0.15, 0.2) is 0 Å². The van der Waals surface area contributed by atoms with E-state index in [9.17, 15) is 0 Å². The summed E-state index contributed by atoms with van der Waals surface area (Å²) in [4.78, 5) is 0. The van der Waals surface area contributed by atoms with Crippen molar-refractivity contribution in [2.45, 2.75) is 57.2 Å². The zero-order valence-electron chi connectivity index (χ0n) is 8.43. The molecule has 0 amide bonds. The molecule has 76 valence electrons. The minimum atomic E-state index is 0.511. The van der Waals surface area contributed by atoms with E-state index in [-0.39, 0.29) is 0 Å². The zero-order chi connectivity index (χ0) is 8.93. The Morgan fingerprint density at radius 3 is 2.31 bits per heavy atom. The lowest BCUT2D eigenvalue weighted by atomic mass is 9.97. The topological polar surface area (TPSA) is 21.3 Å². The number of nitrogens with one attached hydrogen (secondary N) is 1. The zero-order valence-corrected chi connectivity index (χ0v) is 8.43. The third kappa shape index (κ3) is 2.96. The monoisotopic (exact) mass is 183 g/mol. The SMILES string of the molecule is C1CCC(O[C@H]2CCCNC2)CC1. The maximum absolute atomic E-state index is 6.07. The summed E-state index contributed by atoms with van der Waals surface area (Å²) in [5.74, 6) is 0. The highest BCUT2D eigenvalue weighted by atomic mass is 16.5. The summed E-state index contributed by atoms with van der Waals surface area (Å²) in [5.41, 5.74) is 0. The number of hydrogen-bond acceptors (Lipinski definition) is 2. The Morgan fingerprint density at radius 1 is 0.846 bits per heavy atom. The molecule has 1 aliphatic carbocycles. The Labute approximate surface area is 81.0 Å². The third-order valence-electron chi connectivity index (χ3n) is 3.19. The number of hydrogen-bond donors (Lipinski definition) is 1. The molecule has 1 saturated carbocycles. The Hall–Kier alpha value is -0.0800. The number of piperidine rings is 1. The molecule has 1 atom stereocenters. The standard InChI is InChI=1S/C11H21NO/c1-2-5-10(6-3-1)13-11-7-4-8-12-9-11/h10-12H,1-9H2/t11-/m0/s1. The predicted octanol–water partition coefficient (Wildman–Crippen LogP) is 2.09. The maximum atomic E-state index is 6.07. The molecule has 2 nitrogen and oxygen atoms in total. The van der Waals surface area contributed by atoms with E-state index in [1.165, 1.54) is 51.5 Å². The van der Waals surface area contributed by atoms with Crippen LogP contribution in [0, 0.1) is 0 Å². The molecule has 0 aromatic rings. The molecule has 0 unspecified atom stereocenters. The van der Waals surface area contributed by atoms with Gasteiger partial charge in [-0.1, -0.05) is 19.3 Å². The highest BCUT2D eigenvalue weighted by Gasteiger charge is 2.20. The van der Waals surface area contributed by atoms with E-state index in [2.05, 4.69) is 5.32 Å². The molecule has 0 aromatic heterocycles. The molecule has 2 rings (SSSR count). The highest BCUT2D eigenvalue weighted by molar-refractivity contribution is 4.73. The molecule has 0 radical (unpaired) electrons. The first-order valence-corrected chi connectivity index (χ1v) is 5.81. The van der Waals surface area contributed by atoms with Crippen molar-refractivity contribution in [3.8, 4) is 0 Å². The van der Waals surface area contributed by atoms with Crippen LogP contribution in [0.1, 0.15) is 44.9 Å². The summed E-state index contributed by atoms with van der Waals surface area (Å²) in [7, 11) is 0. The highest BCUT2D eigenvalue weighted by Crippen LogP contribution is 2.22. The van der Waals surface area contributed by atoms with Gasteiger partial charge in [-0.15, -0.1) is 0 Å². The van der Waals surface area contributed by atoms with Crippen molar-refractivity contribution in [2.24, 2.45) is 0 Å². The molecule has 0 aromatic carbocycles. The van der Waals surface area contributed by atoms with Gasteiger partial charge in [0.1, 0.15) is 0 Å². The summed E-state index contributed by atoms with van der Waals surface area (Å²) >= 11 is 0. The second-order valence-corrected chi connectivity index (χ2v) is 4.36. The summed E-state index contributed by atoms with van der Waals surface area (Å²) in [6.07, 6.45) is 10.4. The van der Waals surface area contributed by atoms with E-state index < -0.39 is 0 Å². The van der Waals surface area contributed by atoms with Gasteiger partial charge in [0, 0.05) is 6.54 Å². The average Bonchev–Trinajstić information content (AvgIpc) is 2.21. The second-order valence-electron chi connectivity index (χ2n) is 4.36. The summed E-state index contributed by atoms with van der Waals surface area (Å²) in [5, 5.41) is 3.40. The lowest BCUT2D eigenvalue weighted by Crippen LogP contribution is -2.38. The maximum Gasteiger partial charge on any atom is 0.0703 e. The van der Waals surface area contributed by atoms with Crippen molar-refractivity contribution < 1.29 is 4.74 Å². The van der Waals surface area contributed by atoms with Gasteiger partial charge < -0.3 is 10.1 Å². The van der Waals surface area contributed by atoms with Gasteiger partial charge in [-0.2, -0.15) is 0 Å². The molecule has 0 spiro atoms. The molecule has 2 heteroatoms. The van der Waals surface area contributed by atoms with Gasteiger partial charge in [0.05, 0.1) is 12.2 Å². The Bertz CT molecular complexity index is 121. The quantitative estimate of drug-likeness (QED) is 0.707. The van der Waals surface area contributed by atoms with E-state index in [0.29, 0.717) is 12.2 Å². The van der Waals surface area contributed by atoms with E-state index in [4.69, 9.17) is 4.74 Å². The van der Waals surface area contributed by atoms with Gasteiger partial charge in [-0.05, 0) is 32.2 Å². The number of rotatable bonds is 2. The first-order valence-electron chi connectivity index (χ1n) is 5.81. The van der Waals surface area contributed by atoms with Crippen molar-refractivity contribution in [3.05, 3.63) is 0 Å². The molecule has 13 heavy (non-hydrogen) atoms. The van der Waals surface area contributed by atoms with Crippen molar-refractivity contribution in [1.82, 2.24) is 5.32 Å². The first kappa shape index (κ1) is 9.47. The first-order chi connectivity index (χ1) is 6.45. The molecule has 1 heterocycles. The predicted molar refractivity (Wildman–Crippen MR) is 53.8 cm³/mol. The fourth-order valence-electron chi connectivity index (χ4n) is 2.41. The van der Waals surface area contributed by atoms with Gasteiger partial charge in [-0.25, -0.2) is 0 Å². The van der Waals surface area contributed by atoms with Gasteiger partial charge in [-0.3, -0.25) is 0 Å². The summed E-state index contributed by atoms with van der Waals surface area (Å²) < 4.78 is 6.07. The minimum absolute atomic E-state index is 0.511. The molecule has 1 saturated heterocycles. The van der Waals surface area contributed by atoms with Crippen LogP contribution in [0.3, 0.4) is 0 Å². The fraction of sp³-hybridized carbons (Fsp3) is 1.00. The molecular weight excluding hydrogens is 162 g/mol. The largest absolute Gasteiger partial charge is 0.374 e. The van der Waals surface area contributed by atoms with Crippen molar-refractivity contribution in [3.63, 3.8) is 0 Å². The molecule has 2 fully saturated rings. The van der Waals surface area contributed by atoms with E-state index in [1.54, 1.807) is 0 Å². The fourth-order valence-corrected chi connectivity index (χ4v) is 2.41. The minimum Gasteiger partial charge on any atom is -0.374 e. The van der Waals surface area contributed by atoms with Crippen molar-refractivity contribution >= 4 is 0 Å². The lowest BCUT2D eigenvalue weighted by molar-refractivity contribution is -0.0387. The Balaban J connectivity index is 1.69. The van der Waals surface area contributed by atoms with Crippen LogP contribution in [0.5, 0.6) is 0 Å². The van der Waals surface area contributed by atoms with Crippen LogP contribution in [0.2, 0.25) is 0 Å². The number of ether oxygens (including phenoxy) is 1. The van der Waals surface area contributed by atoms with Crippen molar-refractivity contribution in [1.29, 1.82) is 0 Å². The second kappa shape index (κ2) is 4.97.